The minimum Gasteiger partial charge on any atom is -0.484 e. The molecule has 6 heteroatoms. The molecule has 1 amide bonds. The first-order chi connectivity index (χ1) is 10.1. The van der Waals surface area contributed by atoms with E-state index in [-0.39, 0.29) is 12.5 Å². The summed E-state index contributed by atoms with van der Waals surface area (Å²) in [5.74, 6) is 0.381. The molecule has 5 nitrogen and oxygen atoms in total. The van der Waals surface area contributed by atoms with Crippen LogP contribution in [0.15, 0.2) is 24.3 Å². The number of aryl methyl sites for hydroxylation is 2. The van der Waals surface area contributed by atoms with Crippen molar-refractivity contribution in [3.8, 4) is 11.8 Å². The minimum absolute atomic E-state index is 0.0615. The van der Waals surface area contributed by atoms with E-state index < -0.39 is 0 Å². The molecule has 0 atom stereocenters. The Morgan fingerprint density at radius 1 is 1.38 bits per heavy atom. The van der Waals surface area contributed by atoms with Crippen LogP contribution in [0, 0.1) is 25.2 Å². The Balaban J connectivity index is 1.86. The van der Waals surface area contributed by atoms with Crippen LogP contribution in [0.25, 0.3) is 0 Å². The van der Waals surface area contributed by atoms with E-state index in [9.17, 15) is 4.79 Å². The van der Waals surface area contributed by atoms with E-state index in [1.54, 1.807) is 12.1 Å². The molecule has 1 aromatic carbocycles. The Hall–Kier alpha value is -2.39. The zero-order valence-electron chi connectivity index (χ0n) is 11.8. The zero-order chi connectivity index (χ0) is 15.2. The van der Waals surface area contributed by atoms with Crippen LogP contribution in [0.4, 0.5) is 5.00 Å². The average Bonchev–Trinajstić information content (AvgIpc) is 2.76. The highest BCUT2D eigenvalue weighted by atomic mass is 32.1. The Morgan fingerprint density at radius 2 is 2.10 bits per heavy atom. The number of nitrogens with zero attached hydrogens (tertiary/aromatic N) is 2. The molecule has 2 rings (SSSR count). The Labute approximate surface area is 127 Å². The zero-order valence-corrected chi connectivity index (χ0v) is 12.7. The fourth-order valence-corrected chi connectivity index (χ4v) is 2.59. The number of amides is 1. The molecule has 21 heavy (non-hydrogen) atoms. The van der Waals surface area contributed by atoms with Gasteiger partial charge in [0.15, 0.2) is 6.61 Å². The van der Waals surface area contributed by atoms with Gasteiger partial charge in [0.05, 0.1) is 23.2 Å². The first-order valence-electron chi connectivity index (χ1n) is 6.41. The number of hydrogen-bond acceptors (Lipinski definition) is 5. The van der Waals surface area contributed by atoms with Crippen LogP contribution in [-0.2, 0) is 11.2 Å². The second kappa shape index (κ2) is 6.86. The summed E-state index contributed by atoms with van der Waals surface area (Å²) in [6.07, 6.45) is 0.366. The number of aromatic nitrogens is 1. The predicted octanol–water partition coefficient (Wildman–Crippen LogP) is 2.84. The maximum absolute atomic E-state index is 11.8. The fraction of sp³-hybridized carbons (Fsp3) is 0.267. The van der Waals surface area contributed by atoms with Crippen molar-refractivity contribution < 1.29 is 9.53 Å². The molecule has 0 radical (unpaired) electrons. The van der Waals surface area contributed by atoms with Gasteiger partial charge in [0.1, 0.15) is 10.8 Å². The average molecular weight is 301 g/mol. The van der Waals surface area contributed by atoms with E-state index in [4.69, 9.17) is 10.00 Å². The van der Waals surface area contributed by atoms with Crippen LogP contribution in [0.5, 0.6) is 5.75 Å². The predicted molar refractivity (Wildman–Crippen MR) is 81.5 cm³/mol. The number of nitrogens with one attached hydrogen (secondary N) is 1. The number of hydrogen-bond donors (Lipinski definition) is 1. The first-order valence-corrected chi connectivity index (χ1v) is 7.22. The van der Waals surface area contributed by atoms with Crippen LogP contribution < -0.4 is 10.1 Å². The van der Waals surface area contributed by atoms with Crippen molar-refractivity contribution >= 4 is 22.2 Å². The van der Waals surface area contributed by atoms with Crippen LogP contribution in [0.1, 0.15) is 16.3 Å². The molecule has 0 saturated carbocycles. The summed E-state index contributed by atoms with van der Waals surface area (Å²) in [5.41, 5.74) is 1.73. The van der Waals surface area contributed by atoms with Crippen LogP contribution in [-0.4, -0.2) is 17.5 Å². The summed E-state index contributed by atoms with van der Waals surface area (Å²) in [7, 11) is 0. The van der Waals surface area contributed by atoms with Gasteiger partial charge in [0, 0.05) is 0 Å². The monoisotopic (exact) mass is 301 g/mol. The number of thiazole rings is 1. The molecule has 108 valence electrons. The lowest BCUT2D eigenvalue weighted by Gasteiger charge is -2.07. The van der Waals surface area contributed by atoms with Gasteiger partial charge < -0.3 is 10.1 Å². The summed E-state index contributed by atoms with van der Waals surface area (Å²) < 4.78 is 5.41. The summed E-state index contributed by atoms with van der Waals surface area (Å²) in [6, 6.07) is 9.21. The van der Waals surface area contributed by atoms with Gasteiger partial charge in [-0.1, -0.05) is 12.1 Å². The number of nitriles is 1. The van der Waals surface area contributed by atoms with Crippen molar-refractivity contribution in [3.05, 3.63) is 40.5 Å². The second-order valence-electron chi connectivity index (χ2n) is 4.46. The fourth-order valence-electron chi connectivity index (χ4n) is 1.75. The lowest BCUT2D eigenvalue weighted by atomic mass is 10.2. The molecule has 0 saturated heterocycles. The molecule has 0 aliphatic heterocycles. The summed E-state index contributed by atoms with van der Waals surface area (Å²) >= 11 is 1.44. The van der Waals surface area contributed by atoms with E-state index in [1.165, 1.54) is 11.3 Å². The van der Waals surface area contributed by atoms with Crippen molar-refractivity contribution in [2.45, 2.75) is 20.3 Å². The van der Waals surface area contributed by atoms with Gasteiger partial charge in [0.25, 0.3) is 5.91 Å². The lowest BCUT2D eigenvalue weighted by molar-refractivity contribution is -0.118. The van der Waals surface area contributed by atoms with Gasteiger partial charge in [0.2, 0.25) is 0 Å². The van der Waals surface area contributed by atoms with E-state index in [0.717, 1.165) is 21.3 Å². The quantitative estimate of drug-likeness (QED) is 0.921. The molecule has 0 unspecified atom stereocenters. The lowest BCUT2D eigenvalue weighted by Crippen LogP contribution is -2.20. The molecule has 0 aliphatic rings. The molecule has 0 bridgehead atoms. The third-order valence-electron chi connectivity index (χ3n) is 2.73. The Bertz CT molecular complexity index is 671. The molecule has 0 spiro atoms. The van der Waals surface area contributed by atoms with E-state index >= 15 is 0 Å². The highest BCUT2D eigenvalue weighted by Gasteiger charge is 2.09. The number of rotatable bonds is 5. The number of anilines is 1. The van der Waals surface area contributed by atoms with Crippen molar-refractivity contribution in [1.82, 2.24) is 4.98 Å². The van der Waals surface area contributed by atoms with Gasteiger partial charge in [-0.3, -0.25) is 4.79 Å². The van der Waals surface area contributed by atoms with Crippen molar-refractivity contribution in [1.29, 1.82) is 5.26 Å². The second-order valence-corrected chi connectivity index (χ2v) is 5.67. The third kappa shape index (κ3) is 4.29. The molecule has 1 heterocycles. The maximum Gasteiger partial charge on any atom is 0.262 e. The number of ether oxygens (including phenoxy) is 1. The smallest absolute Gasteiger partial charge is 0.262 e. The number of benzene rings is 1. The van der Waals surface area contributed by atoms with Crippen molar-refractivity contribution in [3.63, 3.8) is 0 Å². The van der Waals surface area contributed by atoms with Crippen LogP contribution in [0.2, 0.25) is 0 Å². The number of carbonyl (C=O) groups is 1. The summed E-state index contributed by atoms with van der Waals surface area (Å²) in [5, 5.41) is 13.0. The van der Waals surface area contributed by atoms with E-state index in [2.05, 4.69) is 16.4 Å². The molecule has 0 aliphatic carbocycles. The Morgan fingerprint density at radius 3 is 2.67 bits per heavy atom. The standard InChI is InChI=1S/C15H15N3O2S/c1-10-15(21-11(2)17-10)18-14(19)9-20-13-5-3-12(4-6-13)7-8-16/h3-6H,7,9H2,1-2H3,(H,18,19). The van der Waals surface area contributed by atoms with Crippen LogP contribution in [0.3, 0.4) is 0 Å². The van der Waals surface area contributed by atoms with Crippen molar-refractivity contribution in [2.24, 2.45) is 0 Å². The third-order valence-corrected chi connectivity index (χ3v) is 3.72. The molecule has 1 N–H and O–H groups in total. The highest BCUT2D eigenvalue weighted by molar-refractivity contribution is 7.16. The van der Waals surface area contributed by atoms with E-state index in [0.29, 0.717) is 12.2 Å². The van der Waals surface area contributed by atoms with Gasteiger partial charge >= 0.3 is 0 Å². The van der Waals surface area contributed by atoms with Gasteiger partial charge in [-0.2, -0.15) is 5.26 Å². The molecular formula is C15H15N3O2S. The molecule has 2 aromatic rings. The number of carbonyl (C=O) groups excluding carboxylic acids is 1. The maximum atomic E-state index is 11.8. The first kappa shape index (κ1) is 15.0. The largest absolute Gasteiger partial charge is 0.484 e. The van der Waals surface area contributed by atoms with Gasteiger partial charge in [-0.05, 0) is 31.5 Å². The van der Waals surface area contributed by atoms with E-state index in [1.807, 2.05) is 26.0 Å². The van der Waals surface area contributed by atoms with Crippen molar-refractivity contribution in [2.75, 3.05) is 11.9 Å². The molecule has 0 fully saturated rings. The van der Waals surface area contributed by atoms with Gasteiger partial charge in [-0.15, -0.1) is 11.3 Å². The SMILES string of the molecule is Cc1nc(C)c(NC(=O)COc2ccc(CC#N)cc2)s1. The molecular weight excluding hydrogens is 286 g/mol. The summed E-state index contributed by atoms with van der Waals surface area (Å²) in [4.78, 5) is 16.1. The highest BCUT2D eigenvalue weighted by Crippen LogP contribution is 2.23. The summed E-state index contributed by atoms with van der Waals surface area (Å²) in [6.45, 7) is 3.69. The normalized spacial score (nSPS) is 9.95. The van der Waals surface area contributed by atoms with Gasteiger partial charge in [-0.25, -0.2) is 4.98 Å². The van der Waals surface area contributed by atoms with Crippen LogP contribution >= 0.6 is 11.3 Å². The Kier molecular flexibility index (Phi) is 4.90. The topological polar surface area (TPSA) is 75.0 Å². The molecule has 1 aromatic heterocycles. The minimum atomic E-state index is -0.220.